The summed E-state index contributed by atoms with van der Waals surface area (Å²) in [6.45, 7) is 8.25. The predicted octanol–water partition coefficient (Wildman–Crippen LogP) is 7.32. The zero-order valence-electron chi connectivity index (χ0n) is 17.7. The molecule has 0 spiro atoms. The topological polar surface area (TPSA) is 38.7 Å². The maximum Gasteiger partial charge on any atom is 0.0900 e. The van der Waals surface area contributed by atoms with Crippen molar-refractivity contribution >= 4 is 0 Å². The van der Waals surface area contributed by atoms with E-state index < -0.39 is 0 Å². The van der Waals surface area contributed by atoms with Crippen LogP contribution < -0.4 is 0 Å². The summed E-state index contributed by atoms with van der Waals surface area (Å²) < 4.78 is 0. The predicted molar refractivity (Wildman–Crippen MR) is 123 cm³/mol. The van der Waals surface area contributed by atoms with E-state index in [4.69, 9.17) is 4.98 Å². The van der Waals surface area contributed by atoms with Gasteiger partial charge < -0.3 is 0 Å². The summed E-state index contributed by atoms with van der Waals surface area (Å²) in [5, 5.41) is 0. The molecule has 3 heteroatoms. The average Bonchev–Trinajstić information content (AvgIpc) is 2.82. The van der Waals surface area contributed by atoms with Gasteiger partial charge in [-0.05, 0) is 47.5 Å². The molecule has 148 valence electrons. The minimum Gasteiger partial charge on any atom is -0.255 e. The van der Waals surface area contributed by atoms with Crippen LogP contribution in [0.15, 0.2) is 91.3 Å². The fourth-order valence-electron chi connectivity index (χ4n) is 2.62. The third-order valence-corrected chi connectivity index (χ3v) is 3.79. The molecule has 3 heterocycles. The molecule has 29 heavy (non-hydrogen) atoms. The SMILES string of the molecule is CC.CCC.c1ccc(-c2cc(-c3ccccn3)nc(-c3ccccn3)c2)cc1. The zero-order chi connectivity index (χ0) is 20.9. The normalized spacial score (nSPS) is 9.52. The number of rotatable bonds is 3. The van der Waals surface area contributed by atoms with Crippen LogP contribution in [0.2, 0.25) is 0 Å². The van der Waals surface area contributed by atoms with Gasteiger partial charge in [0.25, 0.3) is 0 Å². The first-order valence-corrected chi connectivity index (χ1v) is 10.2. The van der Waals surface area contributed by atoms with Crippen molar-refractivity contribution in [1.29, 1.82) is 0 Å². The van der Waals surface area contributed by atoms with Crippen LogP contribution in [0.5, 0.6) is 0 Å². The van der Waals surface area contributed by atoms with Crippen LogP contribution >= 0.6 is 0 Å². The van der Waals surface area contributed by atoms with Gasteiger partial charge in [0.15, 0.2) is 0 Å². The van der Waals surface area contributed by atoms with Crippen molar-refractivity contribution in [2.45, 2.75) is 34.1 Å². The first-order chi connectivity index (χ1) is 14.3. The van der Waals surface area contributed by atoms with E-state index in [1.165, 1.54) is 6.42 Å². The Labute approximate surface area is 174 Å². The summed E-state index contributed by atoms with van der Waals surface area (Å²) in [4.78, 5) is 13.6. The Kier molecular flexibility index (Phi) is 9.23. The molecular weight excluding hydrogens is 354 g/mol. The molecule has 0 aliphatic heterocycles. The van der Waals surface area contributed by atoms with E-state index in [0.29, 0.717) is 0 Å². The minimum absolute atomic E-state index is 0.845. The highest BCUT2D eigenvalue weighted by Gasteiger charge is 2.09. The van der Waals surface area contributed by atoms with E-state index in [0.717, 1.165) is 33.9 Å². The summed E-state index contributed by atoms with van der Waals surface area (Å²) in [6, 6.07) is 26.1. The lowest BCUT2D eigenvalue weighted by atomic mass is 10.0. The van der Waals surface area contributed by atoms with E-state index in [-0.39, 0.29) is 0 Å². The van der Waals surface area contributed by atoms with Crippen LogP contribution in [0.1, 0.15) is 34.1 Å². The molecule has 3 aromatic heterocycles. The lowest BCUT2D eigenvalue weighted by Gasteiger charge is -2.09. The second-order valence-electron chi connectivity index (χ2n) is 6.13. The zero-order valence-corrected chi connectivity index (χ0v) is 17.7. The molecular formula is C26H29N3. The summed E-state index contributed by atoms with van der Waals surface area (Å²) in [7, 11) is 0. The van der Waals surface area contributed by atoms with Crippen LogP contribution in [-0.4, -0.2) is 15.0 Å². The van der Waals surface area contributed by atoms with Gasteiger partial charge in [-0.25, -0.2) is 4.98 Å². The maximum atomic E-state index is 4.77. The number of hydrogen-bond donors (Lipinski definition) is 0. The van der Waals surface area contributed by atoms with Gasteiger partial charge in [0.2, 0.25) is 0 Å². The Balaban J connectivity index is 0.000000551. The lowest BCUT2D eigenvalue weighted by Crippen LogP contribution is -1.93. The van der Waals surface area contributed by atoms with Gasteiger partial charge in [0.1, 0.15) is 0 Å². The molecule has 0 fully saturated rings. The smallest absolute Gasteiger partial charge is 0.0900 e. The summed E-state index contributed by atoms with van der Waals surface area (Å²) >= 11 is 0. The fraction of sp³-hybridized carbons (Fsp3) is 0.192. The van der Waals surface area contributed by atoms with Crippen LogP contribution in [0.3, 0.4) is 0 Å². The molecule has 0 saturated heterocycles. The Morgan fingerprint density at radius 1 is 0.552 bits per heavy atom. The third kappa shape index (κ3) is 6.35. The number of pyridine rings is 3. The Morgan fingerprint density at radius 2 is 1.00 bits per heavy atom. The van der Waals surface area contributed by atoms with Crippen molar-refractivity contribution in [3.63, 3.8) is 0 Å². The van der Waals surface area contributed by atoms with Crippen molar-refractivity contribution in [2.75, 3.05) is 0 Å². The first-order valence-electron chi connectivity index (χ1n) is 10.2. The molecule has 1 aromatic carbocycles. The summed E-state index contributed by atoms with van der Waals surface area (Å²) in [6.07, 6.45) is 4.82. The van der Waals surface area contributed by atoms with E-state index in [1.807, 2.05) is 68.4 Å². The molecule has 3 nitrogen and oxygen atoms in total. The molecule has 0 atom stereocenters. The van der Waals surface area contributed by atoms with Crippen molar-refractivity contribution in [1.82, 2.24) is 15.0 Å². The standard InChI is InChI=1S/C21H15N3.C3H8.C2H6/c1-2-8-16(9-3-1)17-14-20(18-10-4-6-12-22-18)24-21(15-17)19-11-5-7-13-23-19;1-3-2;1-2/h1-15H;3H2,1-2H3;1-2H3. The molecule has 4 aromatic rings. The first kappa shape index (κ1) is 22.0. The molecule has 0 aliphatic rings. The Bertz CT molecular complexity index is 813. The second-order valence-corrected chi connectivity index (χ2v) is 6.13. The molecule has 0 radical (unpaired) electrons. The number of nitrogens with zero attached hydrogens (tertiary/aromatic N) is 3. The van der Waals surface area contributed by atoms with E-state index >= 15 is 0 Å². The highest BCUT2D eigenvalue weighted by atomic mass is 14.8. The van der Waals surface area contributed by atoms with Gasteiger partial charge in [0, 0.05) is 12.4 Å². The van der Waals surface area contributed by atoms with E-state index in [2.05, 4.69) is 48.1 Å². The molecule has 0 bridgehead atoms. The number of aromatic nitrogens is 3. The van der Waals surface area contributed by atoms with Gasteiger partial charge in [0.05, 0.1) is 22.8 Å². The van der Waals surface area contributed by atoms with E-state index in [9.17, 15) is 0 Å². The second kappa shape index (κ2) is 12.2. The quantitative estimate of drug-likeness (QED) is 0.372. The molecule has 0 amide bonds. The van der Waals surface area contributed by atoms with Gasteiger partial charge in [-0.3, -0.25) is 9.97 Å². The molecule has 0 unspecified atom stereocenters. The molecule has 0 N–H and O–H groups in total. The molecule has 0 aliphatic carbocycles. The third-order valence-electron chi connectivity index (χ3n) is 3.79. The summed E-state index contributed by atoms with van der Waals surface area (Å²) in [5.74, 6) is 0. The van der Waals surface area contributed by atoms with Crippen molar-refractivity contribution in [3.05, 3.63) is 91.3 Å². The Morgan fingerprint density at radius 3 is 1.41 bits per heavy atom. The van der Waals surface area contributed by atoms with E-state index in [1.54, 1.807) is 12.4 Å². The highest BCUT2D eigenvalue weighted by Crippen LogP contribution is 2.28. The van der Waals surface area contributed by atoms with Crippen molar-refractivity contribution in [2.24, 2.45) is 0 Å². The lowest BCUT2D eigenvalue weighted by molar-refractivity contribution is 1.09. The van der Waals surface area contributed by atoms with Gasteiger partial charge in [-0.15, -0.1) is 0 Å². The monoisotopic (exact) mass is 383 g/mol. The average molecular weight is 384 g/mol. The number of benzene rings is 1. The summed E-state index contributed by atoms with van der Waals surface area (Å²) in [5.41, 5.74) is 5.65. The molecule has 4 rings (SSSR count). The Hall–Kier alpha value is -3.33. The van der Waals surface area contributed by atoms with Crippen LogP contribution in [0.25, 0.3) is 33.9 Å². The van der Waals surface area contributed by atoms with Crippen LogP contribution in [-0.2, 0) is 0 Å². The highest BCUT2D eigenvalue weighted by molar-refractivity contribution is 5.74. The largest absolute Gasteiger partial charge is 0.255 e. The maximum absolute atomic E-state index is 4.77. The van der Waals surface area contributed by atoms with Gasteiger partial charge in [-0.1, -0.05) is 76.6 Å². The fourth-order valence-corrected chi connectivity index (χ4v) is 2.62. The minimum atomic E-state index is 0.845. The van der Waals surface area contributed by atoms with Gasteiger partial charge >= 0.3 is 0 Å². The van der Waals surface area contributed by atoms with Crippen molar-refractivity contribution < 1.29 is 0 Å². The molecule has 0 saturated carbocycles. The number of hydrogen-bond acceptors (Lipinski definition) is 3. The van der Waals surface area contributed by atoms with Crippen molar-refractivity contribution in [3.8, 4) is 33.9 Å². The van der Waals surface area contributed by atoms with Crippen LogP contribution in [0.4, 0.5) is 0 Å². The van der Waals surface area contributed by atoms with Gasteiger partial charge in [-0.2, -0.15) is 0 Å². The van der Waals surface area contributed by atoms with Crippen LogP contribution in [0, 0.1) is 0 Å².